The molecule has 0 spiro atoms. The number of hydrogen-bond donors (Lipinski definition) is 1. The van der Waals surface area contributed by atoms with Crippen LogP contribution in [-0.4, -0.2) is 9.97 Å². The van der Waals surface area contributed by atoms with E-state index in [1.165, 1.54) is 11.3 Å². The number of fused-ring (bicyclic) bond motifs is 1. The van der Waals surface area contributed by atoms with E-state index >= 15 is 0 Å². The lowest BCUT2D eigenvalue weighted by atomic mass is 10.1. The van der Waals surface area contributed by atoms with Crippen LogP contribution in [0.2, 0.25) is 10.0 Å². The molecular formula is C13H7Cl3N2OS. The molecule has 2 heterocycles. The molecule has 0 unspecified atom stereocenters. The molecule has 0 aliphatic heterocycles. The van der Waals surface area contributed by atoms with Crippen LogP contribution in [0.3, 0.4) is 0 Å². The van der Waals surface area contributed by atoms with Gasteiger partial charge >= 0.3 is 0 Å². The van der Waals surface area contributed by atoms with Gasteiger partial charge in [-0.3, -0.25) is 4.79 Å². The summed E-state index contributed by atoms with van der Waals surface area (Å²) < 4.78 is 0. The molecule has 0 fully saturated rings. The van der Waals surface area contributed by atoms with E-state index in [1.807, 2.05) is 5.38 Å². The van der Waals surface area contributed by atoms with Crippen LogP contribution in [0.15, 0.2) is 28.4 Å². The summed E-state index contributed by atoms with van der Waals surface area (Å²) in [6, 6.07) is 5.15. The maximum atomic E-state index is 12.2. The number of aromatic nitrogens is 2. The van der Waals surface area contributed by atoms with Crippen molar-refractivity contribution in [2.75, 3.05) is 0 Å². The third kappa shape index (κ3) is 2.33. The van der Waals surface area contributed by atoms with Gasteiger partial charge in [-0.1, -0.05) is 23.2 Å². The highest BCUT2D eigenvalue weighted by Crippen LogP contribution is 2.36. The summed E-state index contributed by atoms with van der Waals surface area (Å²) in [4.78, 5) is 19.8. The smallest absolute Gasteiger partial charge is 0.260 e. The Morgan fingerprint density at radius 3 is 2.80 bits per heavy atom. The number of alkyl halides is 1. The first kappa shape index (κ1) is 13.9. The lowest BCUT2D eigenvalue weighted by Crippen LogP contribution is -2.10. The van der Waals surface area contributed by atoms with E-state index in [9.17, 15) is 4.79 Å². The molecule has 3 aromatic rings. The lowest BCUT2D eigenvalue weighted by Gasteiger charge is -2.03. The fourth-order valence-corrected chi connectivity index (χ4v) is 3.43. The summed E-state index contributed by atoms with van der Waals surface area (Å²) in [7, 11) is 0. The standard InChI is InChI=1S/C13H7Cl3N2OS/c14-4-10-17-12(19)11-8(5-20-13(11)18-10)7-3-6(15)1-2-9(7)16/h1-3,5H,4H2,(H,17,18,19). The number of nitrogens with zero attached hydrogens (tertiary/aromatic N) is 1. The number of nitrogens with one attached hydrogen (secondary N) is 1. The SMILES string of the molecule is O=c1[nH]c(CCl)nc2scc(-c3cc(Cl)ccc3Cl)c12. The van der Waals surface area contributed by atoms with Crippen LogP contribution in [0.5, 0.6) is 0 Å². The van der Waals surface area contributed by atoms with Crippen molar-refractivity contribution in [3.05, 3.63) is 49.8 Å². The molecule has 0 bridgehead atoms. The fourth-order valence-electron chi connectivity index (χ4n) is 1.96. The third-order valence-electron chi connectivity index (χ3n) is 2.84. The van der Waals surface area contributed by atoms with Gasteiger partial charge in [0.15, 0.2) is 0 Å². The Balaban J connectivity index is 2.33. The highest BCUT2D eigenvalue weighted by molar-refractivity contribution is 7.17. The molecule has 2 aromatic heterocycles. The van der Waals surface area contributed by atoms with Crippen LogP contribution < -0.4 is 5.56 Å². The third-order valence-corrected chi connectivity index (χ3v) is 4.53. The van der Waals surface area contributed by atoms with E-state index in [0.29, 0.717) is 26.1 Å². The van der Waals surface area contributed by atoms with Crippen molar-refractivity contribution in [3.8, 4) is 11.1 Å². The monoisotopic (exact) mass is 344 g/mol. The zero-order valence-corrected chi connectivity index (χ0v) is 13.0. The predicted molar refractivity (Wildman–Crippen MR) is 85.3 cm³/mol. The summed E-state index contributed by atoms with van der Waals surface area (Å²) in [5.74, 6) is 0.617. The van der Waals surface area contributed by atoms with Crippen molar-refractivity contribution in [1.82, 2.24) is 9.97 Å². The van der Waals surface area contributed by atoms with Gasteiger partial charge in [-0.2, -0.15) is 0 Å². The van der Waals surface area contributed by atoms with Crippen LogP contribution >= 0.6 is 46.1 Å². The van der Waals surface area contributed by atoms with Crippen LogP contribution in [0, 0.1) is 0 Å². The van der Waals surface area contributed by atoms with Crippen LogP contribution in [0.4, 0.5) is 0 Å². The van der Waals surface area contributed by atoms with E-state index < -0.39 is 0 Å². The second-order valence-electron chi connectivity index (χ2n) is 4.10. The Kier molecular flexibility index (Phi) is 3.73. The van der Waals surface area contributed by atoms with Gasteiger partial charge in [0.2, 0.25) is 0 Å². The zero-order valence-electron chi connectivity index (χ0n) is 9.91. The van der Waals surface area contributed by atoms with Gasteiger partial charge in [0, 0.05) is 26.6 Å². The second kappa shape index (κ2) is 5.37. The van der Waals surface area contributed by atoms with Crippen molar-refractivity contribution >= 4 is 56.4 Å². The maximum Gasteiger partial charge on any atom is 0.260 e. The highest BCUT2D eigenvalue weighted by Gasteiger charge is 2.15. The van der Waals surface area contributed by atoms with Gasteiger partial charge < -0.3 is 4.98 Å². The molecule has 1 N–H and O–H groups in total. The highest BCUT2D eigenvalue weighted by atomic mass is 35.5. The molecular weight excluding hydrogens is 339 g/mol. The molecule has 7 heteroatoms. The van der Waals surface area contributed by atoms with E-state index in [-0.39, 0.29) is 11.4 Å². The number of aromatic amines is 1. The topological polar surface area (TPSA) is 45.8 Å². The molecule has 0 aliphatic carbocycles. The largest absolute Gasteiger partial charge is 0.309 e. The molecule has 3 rings (SSSR count). The quantitative estimate of drug-likeness (QED) is 0.684. The summed E-state index contributed by atoms with van der Waals surface area (Å²) in [6.07, 6.45) is 0. The first-order valence-corrected chi connectivity index (χ1v) is 7.79. The molecule has 0 atom stereocenters. The van der Waals surface area contributed by atoms with Gasteiger partial charge in [-0.25, -0.2) is 4.98 Å². The number of hydrogen-bond acceptors (Lipinski definition) is 3. The molecule has 0 amide bonds. The predicted octanol–water partition coefficient (Wildman–Crippen LogP) is 4.70. The second-order valence-corrected chi connectivity index (χ2v) is 6.07. The van der Waals surface area contributed by atoms with E-state index in [2.05, 4.69) is 9.97 Å². The molecule has 0 saturated carbocycles. The average Bonchev–Trinajstić information content (AvgIpc) is 2.85. The number of H-pyrrole nitrogens is 1. The average molecular weight is 346 g/mol. The van der Waals surface area contributed by atoms with Crippen LogP contribution in [-0.2, 0) is 5.88 Å². The fraction of sp³-hybridized carbons (Fsp3) is 0.0769. The number of halogens is 3. The van der Waals surface area contributed by atoms with Crippen LogP contribution in [0.1, 0.15) is 5.82 Å². The minimum atomic E-state index is -0.224. The van der Waals surface area contributed by atoms with Crippen LogP contribution in [0.25, 0.3) is 21.3 Å². The Hall–Kier alpha value is -1.07. The lowest BCUT2D eigenvalue weighted by molar-refractivity contribution is 1.04. The maximum absolute atomic E-state index is 12.2. The van der Waals surface area contributed by atoms with Crippen molar-refractivity contribution < 1.29 is 0 Å². The van der Waals surface area contributed by atoms with Crippen molar-refractivity contribution in [2.24, 2.45) is 0 Å². The Labute approximate surface area is 133 Å². The number of benzene rings is 1. The minimum absolute atomic E-state index is 0.163. The summed E-state index contributed by atoms with van der Waals surface area (Å²) in [5.41, 5.74) is 1.22. The Morgan fingerprint density at radius 1 is 1.25 bits per heavy atom. The van der Waals surface area contributed by atoms with Crippen molar-refractivity contribution in [1.29, 1.82) is 0 Å². The zero-order chi connectivity index (χ0) is 14.3. The first-order chi connectivity index (χ1) is 9.60. The van der Waals surface area contributed by atoms with Gasteiger partial charge in [0.1, 0.15) is 10.7 Å². The van der Waals surface area contributed by atoms with Gasteiger partial charge in [-0.05, 0) is 18.2 Å². The molecule has 102 valence electrons. The summed E-state index contributed by atoms with van der Waals surface area (Å²) in [6.45, 7) is 0. The molecule has 20 heavy (non-hydrogen) atoms. The molecule has 0 aliphatic rings. The van der Waals surface area contributed by atoms with Crippen molar-refractivity contribution in [2.45, 2.75) is 5.88 Å². The summed E-state index contributed by atoms with van der Waals surface area (Å²) in [5, 5.41) is 3.45. The van der Waals surface area contributed by atoms with Gasteiger partial charge in [0.05, 0.1) is 11.3 Å². The van der Waals surface area contributed by atoms with Gasteiger partial charge in [0.25, 0.3) is 5.56 Å². The Morgan fingerprint density at radius 2 is 2.05 bits per heavy atom. The normalized spacial score (nSPS) is 11.2. The summed E-state index contributed by atoms with van der Waals surface area (Å²) >= 11 is 19.3. The van der Waals surface area contributed by atoms with E-state index in [4.69, 9.17) is 34.8 Å². The Bertz CT molecular complexity index is 856. The van der Waals surface area contributed by atoms with Gasteiger partial charge in [-0.15, -0.1) is 22.9 Å². The number of rotatable bonds is 2. The molecule has 3 nitrogen and oxygen atoms in total. The molecule has 1 aromatic carbocycles. The van der Waals surface area contributed by atoms with E-state index in [1.54, 1.807) is 18.2 Å². The minimum Gasteiger partial charge on any atom is -0.309 e. The number of thiophene rings is 1. The molecule has 0 radical (unpaired) electrons. The van der Waals surface area contributed by atoms with E-state index in [0.717, 1.165) is 11.1 Å². The molecule has 0 saturated heterocycles. The first-order valence-electron chi connectivity index (χ1n) is 5.62. The van der Waals surface area contributed by atoms with Crippen molar-refractivity contribution in [3.63, 3.8) is 0 Å².